The Morgan fingerprint density at radius 3 is 2.23 bits per heavy atom. The Morgan fingerprint density at radius 2 is 1.64 bits per heavy atom. The number of carbonyl (C=O) groups is 1. The summed E-state index contributed by atoms with van der Waals surface area (Å²) >= 11 is 0. The Labute approximate surface area is 131 Å². The van der Waals surface area contributed by atoms with Gasteiger partial charge in [-0.2, -0.15) is 0 Å². The predicted octanol–water partition coefficient (Wildman–Crippen LogP) is 4.24. The van der Waals surface area contributed by atoms with Crippen LogP contribution < -0.4 is 9.47 Å². The molecule has 0 amide bonds. The van der Waals surface area contributed by atoms with Gasteiger partial charge in [0.15, 0.2) is 0 Å². The topological polar surface area (TPSA) is 35.5 Å². The molecule has 2 aromatic rings. The van der Waals surface area contributed by atoms with Gasteiger partial charge in [-0.15, -0.1) is 0 Å². The molecule has 0 aliphatic heterocycles. The molecule has 0 fully saturated rings. The summed E-state index contributed by atoms with van der Waals surface area (Å²) in [5.41, 5.74) is 3.06. The van der Waals surface area contributed by atoms with Crippen molar-refractivity contribution in [2.24, 2.45) is 0 Å². The number of ether oxygens (including phenoxy) is 2. The molecule has 0 spiro atoms. The standard InChI is InChI=1S/C19H22O3/c1-4-21-17-11-8-16(9-12-17)10-13-18(20)22-19-14(2)6-5-7-15(19)3/h5-9,11-12H,4,10,13H2,1-3H3. The van der Waals surface area contributed by atoms with Gasteiger partial charge in [0.25, 0.3) is 0 Å². The van der Waals surface area contributed by atoms with Crippen LogP contribution in [0.5, 0.6) is 11.5 Å². The molecule has 0 saturated carbocycles. The van der Waals surface area contributed by atoms with Gasteiger partial charge in [-0.05, 0) is 56.0 Å². The molecule has 3 heteroatoms. The first-order chi connectivity index (χ1) is 10.6. The summed E-state index contributed by atoms with van der Waals surface area (Å²) in [6.45, 7) is 6.50. The van der Waals surface area contributed by atoms with Crippen LogP contribution in [0.3, 0.4) is 0 Å². The molecule has 0 radical (unpaired) electrons. The first-order valence-corrected chi connectivity index (χ1v) is 7.58. The predicted molar refractivity (Wildman–Crippen MR) is 87.5 cm³/mol. The third kappa shape index (κ3) is 4.35. The highest BCUT2D eigenvalue weighted by Crippen LogP contribution is 2.23. The summed E-state index contributed by atoms with van der Waals surface area (Å²) in [6.07, 6.45) is 1.03. The van der Waals surface area contributed by atoms with Crippen LogP contribution in [0.15, 0.2) is 42.5 Å². The lowest BCUT2D eigenvalue weighted by Gasteiger charge is -2.10. The molecule has 2 aromatic carbocycles. The lowest BCUT2D eigenvalue weighted by Crippen LogP contribution is -2.10. The molecule has 116 valence electrons. The fourth-order valence-corrected chi connectivity index (χ4v) is 2.29. The van der Waals surface area contributed by atoms with E-state index in [1.165, 1.54) is 0 Å². The maximum absolute atomic E-state index is 12.0. The summed E-state index contributed by atoms with van der Waals surface area (Å²) in [6, 6.07) is 13.7. The van der Waals surface area contributed by atoms with Gasteiger partial charge < -0.3 is 9.47 Å². The van der Waals surface area contributed by atoms with E-state index in [9.17, 15) is 4.79 Å². The van der Waals surface area contributed by atoms with Crippen molar-refractivity contribution in [3.63, 3.8) is 0 Å². The minimum atomic E-state index is -0.203. The highest BCUT2D eigenvalue weighted by molar-refractivity contribution is 5.73. The van der Waals surface area contributed by atoms with E-state index in [1.807, 2.05) is 63.2 Å². The van der Waals surface area contributed by atoms with E-state index >= 15 is 0 Å². The average Bonchev–Trinajstić information content (AvgIpc) is 2.51. The molecule has 0 N–H and O–H groups in total. The van der Waals surface area contributed by atoms with Crippen molar-refractivity contribution >= 4 is 5.97 Å². The van der Waals surface area contributed by atoms with Crippen molar-refractivity contribution in [2.45, 2.75) is 33.6 Å². The van der Waals surface area contributed by atoms with E-state index in [0.29, 0.717) is 25.2 Å². The quantitative estimate of drug-likeness (QED) is 0.591. The SMILES string of the molecule is CCOc1ccc(CCC(=O)Oc2c(C)cccc2C)cc1. The van der Waals surface area contributed by atoms with Crippen molar-refractivity contribution < 1.29 is 14.3 Å². The number of para-hydroxylation sites is 1. The Kier molecular flexibility index (Phi) is 5.59. The third-order valence-corrected chi connectivity index (χ3v) is 3.48. The molecule has 2 rings (SSSR count). The fourth-order valence-electron chi connectivity index (χ4n) is 2.29. The van der Waals surface area contributed by atoms with Crippen LogP contribution >= 0.6 is 0 Å². The van der Waals surface area contributed by atoms with E-state index in [4.69, 9.17) is 9.47 Å². The third-order valence-electron chi connectivity index (χ3n) is 3.48. The van der Waals surface area contributed by atoms with Crippen LogP contribution in [0.4, 0.5) is 0 Å². The van der Waals surface area contributed by atoms with Gasteiger partial charge in [0, 0.05) is 6.42 Å². The second-order valence-corrected chi connectivity index (χ2v) is 5.27. The molecular weight excluding hydrogens is 276 g/mol. The van der Waals surface area contributed by atoms with Crippen molar-refractivity contribution in [1.82, 2.24) is 0 Å². The van der Waals surface area contributed by atoms with E-state index < -0.39 is 0 Å². The van der Waals surface area contributed by atoms with Crippen molar-refractivity contribution in [1.29, 1.82) is 0 Å². The molecule has 0 aromatic heterocycles. The highest BCUT2D eigenvalue weighted by atomic mass is 16.5. The van der Waals surface area contributed by atoms with E-state index in [2.05, 4.69) is 0 Å². The molecule has 0 heterocycles. The number of rotatable bonds is 6. The van der Waals surface area contributed by atoms with Gasteiger partial charge in [0.1, 0.15) is 11.5 Å². The Morgan fingerprint density at radius 1 is 1.00 bits per heavy atom. The molecule has 0 aliphatic rings. The zero-order valence-corrected chi connectivity index (χ0v) is 13.4. The molecule has 0 saturated heterocycles. The summed E-state index contributed by atoms with van der Waals surface area (Å²) in [7, 11) is 0. The molecule has 3 nitrogen and oxygen atoms in total. The maximum atomic E-state index is 12.0. The largest absolute Gasteiger partial charge is 0.494 e. The van der Waals surface area contributed by atoms with E-state index in [-0.39, 0.29) is 5.97 Å². The molecule has 0 atom stereocenters. The highest BCUT2D eigenvalue weighted by Gasteiger charge is 2.10. The van der Waals surface area contributed by atoms with Gasteiger partial charge in [-0.25, -0.2) is 0 Å². The van der Waals surface area contributed by atoms with Crippen molar-refractivity contribution in [3.05, 3.63) is 59.2 Å². The zero-order chi connectivity index (χ0) is 15.9. The lowest BCUT2D eigenvalue weighted by molar-refractivity contribution is -0.134. The minimum absolute atomic E-state index is 0.203. The monoisotopic (exact) mass is 298 g/mol. The summed E-state index contributed by atoms with van der Waals surface area (Å²) in [4.78, 5) is 12.0. The summed E-state index contributed by atoms with van der Waals surface area (Å²) < 4.78 is 10.9. The van der Waals surface area contributed by atoms with Crippen LogP contribution in [-0.4, -0.2) is 12.6 Å². The van der Waals surface area contributed by atoms with E-state index in [1.54, 1.807) is 0 Å². The molecule has 0 aliphatic carbocycles. The normalized spacial score (nSPS) is 10.3. The summed E-state index contributed by atoms with van der Waals surface area (Å²) in [5, 5.41) is 0. The number of esters is 1. The summed E-state index contributed by atoms with van der Waals surface area (Å²) in [5.74, 6) is 1.33. The number of benzene rings is 2. The van der Waals surface area contributed by atoms with Crippen LogP contribution in [0.25, 0.3) is 0 Å². The molecule has 0 unspecified atom stereocenters. The second kappa shape index (κ2) is 7.64. The maximum Gasteiger partial charge on any atom is 0.311 e. The average molecular weight is 298 g/mol. The van der Waals surface area contributed by atoms with Crippen LogP contribution in [-0.2, 0) is 11.2 Å². The van der Waals surface area contributed by atoms with Gasteiger partial charge in [0.2, 0.25) is 0 Å². The Bertz CT molecular complexity index is 609. The van der Waals surface area contributed by atoms with Crippen molar-refractivity contribution in [2.75, 3.05) is 6.61 Å². The minimum Gasteiger partial charge on any atom is -0.494 e. The second-order valence-electron chi connectivity index (χ2n) is 5.27. The fraction of sp³-hybridized carbons (Fsp3) is 0.316. The van der Waals surface area contributed by atoms with Gasteiger partial charge >= 0.3 is 5.97 Å². The van der Waals surface area contributed by atoms with Crippen LogP contribution in [0.2, 0.25) is 0 Å². The van der Waals surface area contributed by atoms with Crippen molar-refractivity contribution in [3.8, 4) is 11.5 Å². The number of carbonyl (C=O) groups excluding carboxylic acids is 1. The first kappa shape index (κ1) is 16.1. The Hall–Kier alpha value is -2.29. The molecule has 22 heavy (non-hydrogen) atoms. The first-order valence-electron chi connectivity index (χ1n) is 7.58. The Balaban J connectivity index is 1.90. The van der Waals surface area contributed by atoms with Gasteiger partial charge in [0.05, 0.1) is 6.61 Å². The van der Waals surface area contributed by atoms with Gasteiger partial charge in [-0.1, -0.05) is 30.3 Å². The number of hydrogen-bond acceptors (Lipinski definition) is 3. The van der Waals surface area contributed by atoms with Gasteiger partial charge in [-0.3, -0.25) is 4.79 Å². The lowest BCUT2D eigenvalue weighted by atomic mass is 10.1. The van der Waals surface area contributed by atoms with Crippen LogP contribution in [0.1, 0.15) is 30.0 Å². The molecular formula is C19H22O3. The number of hydrogen-bond donors (Lipinski definition) is 0. The number of aryl methyl sites for hydroxylation is 3. The zero-order valence-electron chi connectivity index (χ0n) is 13.4. The molecule has 0 bridgehead atoms. The van der Waals surface area contributed by atoms with E-state index in [0.717, 1.165) is 22.4 Å². The van der Waals surface area contributed by atoms with Crippen LogP contribution in [0, 0.1) is 13.8 Å². The smallest absolute Gasteiger partial charge is 0.311 e.